The molecule has 262 valence electrons. The monoisotopic (exact) mass is 702 g/mol. The van der Waals surface area contributed by atoms with E-state index in [1.165, 1.54) is 94.3 Å². The minimum absolute atomic E-state index is 0.111. The van der Waals surface area contributed by atoms with Crippen LogP contribution in [0.1, 0.15) is 49.9 Å². The summed E-state index contributed by atoms with van der Waals surface area (Å²) in [7, 11) is 0. The molecule has 55 heavy (non-hydrogen) atoms. The third-order valence-corrected chi connectivity index (χ3v) is 12.6. The van der Waals surface area contributed by atoms with E-state index >= 15 is 0 Å². The predicted molar refractivity (Wildman–Crippen MR) is 235 cm³/mol. The first-order chi connectivity index (χ1) is 26.8. The third-order valence-electron chi connectivity index (χ3n) is 12.6. The van der Waals surface area contributed by atoms with Gasteiger partial charge in [0.05, 0.1) is 0 Å². The predicted octanol–water partition coefficient (Wildman–Crippen LogP) is 11.8. The summed E-state index contributed by atoms with van der Waals surface area (Å²) in [4.78, 5) is 0. The summed E-state index contributed by atoms with van der Waals surface area (Å²) in [6, 6.07) is 69.9. The van der Waals surface area contributed by atoms with Crippen molar-refractivity contribution < 1.29 is 0 Å². The summed E-state index contributed by atoms with van der Waals surface area (Å²) in [6.07, 6.45) is 0. The number of hydrogen-bond acceptors (Lipinski definition) is 0. The molecule has 1 heteroatoms. The zero-order valence-corrected chi connectivity index (χ0v) is 32.0. The van der Waals surface area contributed by atoms with Gasteiger partial charge in [0.2, 0.25) is 6.71 Å². The van der Waals surface area contributed by atoms with Crippen LogP contribution in [0.2, 0.25) is 0 Å². The summed E-state index contributed by atoms with van der Waals surface area (Å²) in [5.74, 6) is 0. The van der Waals surface area contributed by atoms with Crippen LogP contribution in [0.25, 0.3) is 55.6 Å². The Morgan fingerprint density at radius 3 is 0.945 bits per heavy atom. The normalized spacial score (nSPS) is 14.4. The van der Waals surface area contributed by atoms with Crippen molar-refractivity contribution in [1.82, 2.24) is 0 Å². The molecule has 8 aromatic rings. The van der Waals surface area contributed by atoms with E-state index in [0.29, 0.717) is 0 Å². The molecular formula is C54H43B. The fourth-order valence-corrected chi connectivity index (χ4v) is 9.67. The molecule has 0 aliphatic carbocycles. The molecule has 0 N–H and O–H groups in total. The van der Waals surface area contributed by atoms with E-state index in [4.69, 9.17) is 0 Å². The van der Waals surface area contributed by atoms with Gasteiger partial charge in [0.1, 0.15) is 0 Å². The van der Waals surface area contributed by atoms with Gasteiger partial charge in [0.15, 0.2) is 0 Å². The Morgan fingerprint density at radius 2 is 0.564 bits per heavy atom. The molecule has 0 saturated heterocycles. The van der Waals surface area contributed by atoms with Crippen molar-refractivity contribution in [2.24, 2.45) is 0 Å². The van der Waals surface area contributed by atoms with E-state index < -0.39 is 0 Å². The minimum Gasteiger partial charge on any atom is -0.0667 e. The highest BCUT2D eigenvalue weighted by molar-refractivity contribution is 6.97. The van der Waals surface area contributed by atoms with Crippen molar-refractivity contribution >= 4 is 23.1 Å². The lowest BCUT2D eigenvalue weighted by Crippen LogP contribution is -2.66. The Kier molecular flexibility index (Phi) is 7.72. The van der Waals surface area contributed by atoms with Gasteiger partial charge < -0.3 is 0 Å². The smallest absolute Gasteiger partial charge is 0.0667 e. The van der Waals surface area contributed by atoms with Crippen molar-refractivity contribution in [3.63, 3.8) is 0 Å². The lowest BCUT2D eigenvalue weighted by molar-refractivity contribution is 0.622. The molecule has 2 aliphatic rings. The number of fused-ring (bicyclic) bond motifs is 4. The maximum absolute atomic E-state index is 2.50. The Bertz CT molecular complexity index is 2580. The van der Waals surface area contributed by atoms with Crippen molar-refractivity contribution in [2.75, 3.05) is 0 Å². The van der Waals surface area contributed by atoms with Crippen LogP contribution in [-0.4, -0.2) is 6.71 Å². The van der Waals surface area contributed by atoms with Gasteiger partial charge in [-0.15, -0.1) is 0 Å². The van der Waals surface area contributed by atoms with Gasteiger partial charge >= 0.3 is 0 Å². The Labute approximate surface area is 326 Å². The third kappa shape index (κ3) is 5.44. The van der Waals surface area contributed by atoms with Gasteiger partial charge in [0, 0.05) is 10.8 Å². The summed E-state index contributed by atoms with van der Waals surface area (Å²) in [6.45, 7) is 9.93. The lowest BCUT2D eigenvalue weighted by atomic mass is 9.27. The molecule has 0 unspecified atom stereocenters. The Hall–Kier alpha value is -6.18. The summed E-state index contributed by atoms with van der Waals surface area (Å²) >= 11 is 0. The molecule has 8 aromatic carbocycles. The highest BCUT2D eigenvalue weighted by Crippen LogP contribution is 2.43. The quantitative estimate of drug-likeness (QED) is 0.157. The van der Waals surface area contributed by atoms with Crippen LogP contribution in [0, 0.1) is 0 Å². The van der Waals surface area contributed by atoms with Crippen LogP contribution in [0.3, 0.4) is 0 Å². The first kappa shape index (κ1) is 33.4. The fourth-order valence-electron chi connectivity index (χ4n) is 9.67. The molecule has 0 amide bonds. The first-order valence-corrected chi connectivity index (χ1v) is 19.6. The zero-order chi connectivity index (χ0) is 37.3. The van der Waals surface area contributed by atoms with Crippen LogP contribution in [0.5, 0.6) is 0 Å². The Balaban J connectivity index is 1.01. The molecule has 0 aromatic heterocycles. The van der Waals surface area contributed by atoms with Crippen molar-refractivity contribution in [2.45, 2.75) is 38.5 Å². The topological polar surface area (TPSA) is 0 Å². The van der Waals surface area contributed by atoms with Crippen molar-refractivity contribution in [3.05, 3.63) is 210 Å². The van der Waals surface area contributed by atoms with Gasteiger partial charge in [-0.2, -0.15) is 0 Å². The molecule has 0 atom stereocenters. The van der Waals surface area contributed by atoms with E-state index in [0.717, 1.165) is 0 Å². The first-order valence-electron chi connectivity index (χ1n) is 19.6. The minimum atomic E-state index is -0.111. The average molecular weight is 703 g/mol. The number of hydrogen-bond donors (Lipinski definition) is 0. The highest BCUT2D eigenvalue weighted by Gasteiger charge is 2.48. The number of rotatable bonds is 5. The summed E-state index contributed by atoms with van der Waals surface area (Å²) in [5.41, 5.74) is 22.3. The van der Waals surface area contributed by atoms with Gasteiger partial charge in [-0.1, -0.05) is 214 Å². The van der Waals surface area contributed by atoms with E-state index in [2.05, 4.69) is 216 Å². The molecule has 0 radical (unpaired) electrons. The van der Waals surface area contributed by atoms with Gasteiger partial charge in [-0.05, 0) is 96.1 Å². The fraction of sp³-hybridized carbons (Fsp3) is 0.111. The molecule has 10 rings (SSSR count). The summed E-state index contributed by atoms with van der Waals surface area (Å²) in [5, 5.41) is 0. The molecular weight excluding hydrogens is 659 g/mol. The van der Waals surface area contributed by atoms with E-state index in [1.54, 1.807) is 0 Å². The molecule has 2 aliphatic heterocycles. The standard InChI is InChI=1S/C54H43B/c1-53(2)46-19-11-13-21-50(46)55-51-22-14-12-20-47(51)54(3,4)49-35-45(34-48(53)52(49)55)41-29-25-39(26-30-41)38-23-27-40(28-24-38)44-32-42(36-15-7-5-8-16-36)31-43(33-44)37-17-9-6-10-18-37/h5-35H,1-4H3. The lowest BCUT2D eigenvalue weighted by Gasteiger charge is -2.47. The van der Waals surface area contributed by atoms with Crippen LogP contribution < -0.4 is 16.4 Å². The van der Waals surface area contributed by atoms with E-state index in [1.807, 2.05) is 0 Å². The zero-order valence-electron chi connectivity index (χ0n) is 32.0. The largest absolute Gasteiger partial charge is 0.242 e. The van der Waals surface area contributed by atoms with Crippen molar-refractivity contribution in [3.8, 4) is 55.6 Å². The van der Waals surface area contributed by atoms with Crippen molar-refractivity contribution in [1.29, 1.82) is 0 Å². The second kappa shape index (κ2) is 12.7. The average Bonchev–Trinajstić information content (AvgIpc) is 3.24. The molecule has 0 spiro atoms. The SMILES string of the molecule is CC1(C)c2ccccc2B2c3ccccc3C(C)(C)c3cc(-c4ccc(-c5ccc(-c6cc(-c7ccccc7)cc(-c7ccccc7)c6)cc5)cc4)cc1c32. The summed E-state index contributed by atoms with van der Waals surface area (Å²) < 4.78 is 0. The number of benzene rings is 8. The molecule has 0 bridgehead atoms. The molecule has 2 heterocycles. The van der Waals surface area contributed by atoms with E-state index in [9.17, 15) is 0 Å². The molecule has 0 fully saturated rings. The van der Waals surface area contributed by atoms with Gasteiger partial charge in [-0.25, -0.2) is 0 Å². The van der Waals surface area contributed by atoms with Crippen LogP contribution in [-0.2, 0) is 10.8 Å². The maximum Gasteiger partial charge on any atom is 0.242 e. The maximum atomic E-state index is 2.50. The second-order valence-corrected chi connectivity index (χ2v) is 16.5. The van der Waals surface area contributed by atoms with Crippen LogP contribution in [0.4, 0.5) is 0 Å². The highest BCUT2D eigenvalue weighted by atomic mass is 14.4. The molecule has 0 nitrogen and oxygen atoms in total. The Morgan fingerprint density at radius 1 is 0.273 bits per heavy atom. The van der Waals surface area contributed by atoms with Crippen LogP contribution in [0.15, 0.2) is 188 Å². The molecule has 0 saturated carbocycles. The van der Waals surface area contributed by atoms with E-state index in [-0.39, 0.29) is 17.5 Å². The van der Waals surface area contributed by atoms with Crippen LogP contribution >= 0.6 is 0 Å². The van der Waals surface area contributed by atoms with Gasteiger partial charge in [0.25, 0.3) is 0 Å². The van der Waals surface area contributed by atoms with Gasteiger partial charge in [-0.3, -0.25) is 0 Å². The second-order valence-electron chi connectivity index (χ2n) is 16.5.